The maximum Gasteiger partial charge on any atom is 0.164 e. The molecule has 0 aliphatic rings. The van der Waals surface area contributed by atoms with E-state index in [4.69, 9.17) is 9.47 Å². The lowest BCUT2D eigenvalue weighted by molar-refractivity contribution is 0.350. The molecule has 0 amide bonds. The van der Waals surface area contributed by atoms with Crippen molar-refractivity contribution in [3.63, 3.8) is 0 Å². The number of hydrogen-bond acceptors (Lipinski definition) is 4. The Labute approximate surface area is 142 Å². The average molecular weight is 332 g/mol. The number of thioether (sulfide) groups is 1. The van der Waals surface area contributed by atoms with Crippen LogP contribution in [0.1, 0.15) is 31.1 Å². The molecular weight excluding hydrogens is 308 g/mol. The van der Waals surface area contributed by atoms with E-state index in [2.05, 4.69) is 26.0 Å². The van der Waals surface area contributed by atoms with Crippen molar-refractivity contribution in [2.24, 2.45) is 5.92 Å². The van der Waals surface area contributed by atoms with Gasteiger partial charge in [-0.2, -0.15) is 0 Å². The van der Waals surface area contributed by atoms with Gasteiger partial charge in [-0.15, -0.1) is 11.8 Å². The van der Waals surface area contributed by atoms with Crippen molar-refractivity contribution in [2.75, 3.05) is 14.2 Å². The lowest BCUT2D eigenvalue weighted by Gasteiger charge is -2.21. The molecule has 0 aliphatic carbocycles. The number of ether oxygens (including phenoxy) is 2. The Morgan fingerprint density at radius 2 is 1.61 bits per heavy atom. The van der Waals surface area contributed by atoms with Crippen LogP contribution in [-0.4, -0.2) is 19.3 Å². The predicted molar refractivity (Wildman–Crippen MR) is 95.7 cm³/mol. The summed E-state index contributed by atoms with van der Waals surface area (Å²) in [6.07, 6.45) is 0.961. The van der Waals surface area contributed by atoms with Gasteiger partial charge >= 0.3 is 0 Å². The molecular formula is C19H24O3S. The van der Waals surface area contributed by atoms with Crippen molar-refractivity contribution in [2.45, 2.75) is 30.4 Å². The molecule has 0 aromatic heterocycles. The van der Waals surface area contributed by atoms with Crippen LogP contribution < -0.4 is 9.47 Å². The topological polar surface area (TPSA) is 38.7 Å². The van der Waals surface area contributed by atoms with E-state index >= 15 is 0 Å². The summed E-state index contributed by atoms with van der Waals surface area (Å²) in [5, 5.41) is 10.6. The van der Waals surface area contributed by atoms with E-state index in [9.17, 15) is 5.11 Å². The molecule has 1 unspecified atom stereocenters. The first-order valence-electron chi connectivity index (χ1n) is 7.71. The number of rotatable bonds is 7. The standard InChI is InChI=1S/C19H24O3S/c1-13(2)10-19(23-14-8-6-5-7-9-14)15-11-17(21-3)18(22-4)12-16(15)20/h5-9,11-13,19-20H,10H2,1-4H3. The molecule has 0 heterocycles. The summed E-state index contributed by atoms with van der Waals surface area (Å²) in [7, 11) is 3.18. The monoisotopic (exact) mass is 332 g/mol. The summed E-state index contributed by atoms with van der Waals surface area (Å²) >= 11 is 1.76. The summed E-state index contributed by atoms with van der Waals surface area (Å²) in [4.78, 5) is 1.19. The van der Waals surface area contributed by atoms with Crippen LogP contribution in [0.3, 0.4) is 0 Å². The van der Waals surface area contributed by atoms with E-state index in [0.29, 0.717) is 17.4 Å². The first-order chi connectivity index (χ1) is 11.0. The quantitative estimate of drug-likeness (QED) is 0.699. The van der Waals surface area contributed by atoms with Crippen LogP contribution in [-0.2, 0) is 0 Å². The Balaban J connectivity index is 2.38. The van der Waals surface area contributed by atoms with E-state index in [0.717, 1.165) is 12.0 Å². The van der Waals surface area contributed by atoms with Crippen molar-refractivity contribution in [1.82, 2.24) is 0 Å². The number of aromatic hydroxyl groups is 1. The molecule has 0 aliphatic heterocycles. The van der Waals surface area contributed by atoms with E-state index in [-0.39, 0.29) is 11.0 Å². The van der Waals surface area contributed by atoms with Crippen molar-refractivity contribution in [3.8, 4) is 17.2 Å². The highest BCUT2D eigenvalue weighted by Crippen LogP contribution is 2.46. The Kier molecular flexibility index (Phi) is 6.22. The van der Waals surface area contributed by atoms with Gasteiger partial charge in [0.1, 0.15) is 5.75 Å². The molecule has 0 bridgehead atoms. The van der Waals surface area contributed by atoms with E-state index in [1.54, 1.807) is 32.0 Å². The zero-order valence-electron chi connectivity index (χ0n) is 14.1. The van der Waals surface area contributed by atoms with Gasteiger partial charge in [0.25, 0.3) is 0 Å². The minimum Gasteiger partial charge on any atom is -0.507 e. The highest BCUT2D eigenvalue weighted by atomic mass is 32.2. The molecule has 0 spiro atoms. The first-order valence-corrected chi connectivity index (χ1v) is 8.59. The van der Waals surface area contributed by atoms with E-state index < -0.39 is 0 Å². The van der Waals surface area contributed by atoms with Crippen LogP contribution >= 0.6 is 11.8 Å². The first kappa shape index (κ1) is 17.5. The van der Waals surface area contributed by atoms with Crippen LogP contribution in [0.15, 0.2) is 47.4 Å². The Morgan fingerprint density at radius 1 is 1.00 bits per heavy atom. The molecule has 2 aromatic carbocycles. The molecule has 4 heteroatoms. The Morgan fingerprint density at radius 3 is 2.17 bits per heavy atom. The summed E-state index contributed by atoms with van der Waals surface area (Å²) in [6, 6.07) is 13.8. The van der Waals surface area contributed by atoms with Gasteiger partial charge in [0.15, 0.2) is 11.5 Å². The summed E-state index contributed by atoms with van der Waals surface area (Å²) < 4.78 is 10.7. The van der Waals surface area contributed by atoms with Gasteiger partial charge in [0.05, 0.1) is 14.2 Å². The van der Waals surface area contributed by atoms with Crippen LogP contribution in [0.4, 0.5) is 0 Å². The highest BCUT2D eigenvalue weighted by molar-refractivity contribution is 7.99. The van der Waals surface area contributed by atoms with Crippen LogP contribution in [0.25, 0.3) is 0 Å². The van der Waals surface area contributed by atoms with Crippen LogP contribution in [0, 0.1) is 5.92 Å². The molecule has 1 atom stereocenters. The molecule has 0 saturated carbocycles. The van der Waals surface area contributed by atoms with Crippen molar-refractivity contribution < 1.29 is 14.6 Å². The highest BCUT2D eigenvalue weighted by Gasteiger charge is 2.21. The molecule has 0 saturated heterocycles. The zero-order valence-corrected chi connectivity index (χ0v) is 14.9. The second-order valence-electron chi connectivity index (χ2n) is 5.82. The molecule has 2 aromatic rings. The Bertz CT molecular complexity index is 626. The number of benzene rings is 2. The average Bonchev–Trinajstić information content (AvgIpc) is 2.54. The maximum atomic E-state index is 10.5. The summed E-state index contributed by atoms with van der Waals surface area (Å²) in [5.41, 5.74) is 0.880. The number of phenols is 1. The van der Waals surface area contributed by atoms with Gasteiger partial charge in [-0.05, 0) is 30.5 Å². The fraction of sp³-hybridized carbons (Fsp3) is 0.368. The molecule has 0 radical (unpaired) electrons. The van der Waals surface area contributed by atoms with Crippen molar-refractivity contribution in [1.29, 1.82) is 0 Å². The van der Waals surface area contributed by atoms with Crippen molar-refractivity contribution in [3.05, 3.63) is 48.0 Å². The number of hydrogen-bond donors (Lipinski definition) is 1. The molecule has 0 fully saturated rings. The minimum absolute atomic E-state index is 0.150. The molecule has 124 valence electrons. The third kappa shape index (κ3) is 4.58. The lowest BCUT2D eigenvalue weighted by atomic mass is 10.0. The fourth-order valence-electron chi connectivity index (χ4n) is 2.47. The van der Waals surface area contributed by atoms with E-state index in [1.165, 1.54) is 4.90 Å². The minimum atomic E-state index is 0.150. The second kappa shape index (κ2) is 8.16. The predicted octanol–water partition coefficient (Wildman–Crippen LogP) is 5.29. The molecule has 2 rings (SSSR count). The number of phenolic OH excluding ortho intramolecular Hbond substituents is 1. The fourth-order valence-corrected chi connectivity index (χ4v) is 3.91. The third-order valence-electron chi connectivity index (χ3n) is 3.59. The molecule has 1 N–H and O–H groups in total. The largest absolute Gasteiger partial charge is 0.507 e. The normalized spacial score (nSPS) is 12.2. The summed E-state index contributed by atoms with van der Waals surface area (Å²) in [5.74, 6) is 1.95. The Hall–Kier alpha value is -1.81. The molecule has 23 heavy (non-hydrogen) atoms. The van der Waals surface area contributed by atoms with Crippen LogP contribution in [0.5, 0.6) is 17.2 Å². The van der Waals surface area contributed by atoms with Gasteiger partial charge in [0, 0.05) is 21.8 Å². The zero-order chi connectivity index (χ0) is 16.8. The third-order valence-corrected chi connectivity index (χ3v) is 4.86. The van der Waals surface area contributed by atoms with Gasteiger partial charge in [-0.25, -0.2) is 0 Å². The SMILES string of the molecule is COc1cc(O)c(C(CC(C)C)Sc2ccccc2)cc1OC. The van der Waals surface area contributed by atoms with Gasteiger partial charge in [-0.1, -0.05) is 32.0 Å². The van der Waals surface area contributed by atoms with Gasteiger partial charge in [-0.3, -0.25) is 0 Å². The molecule has 3 nitrogen and oxygen atoms in total. The maximum absolute atomic E-state index is 10.5. The summed E-state index contributed by atoms with van der Waals surface area (Å²) in [6.45, 7) is 4.38. The van der Waals surface area contributed by atoms with Gasteiger partial charge in [0.2, 0.25) is 0 Å². The van der Waals surface area contributed by atoms with Crippen LogP contribution in [0.2, 0.25) is 0 Å². The lowest BCUT2D eigenvalue weighted by Crippen LogP contribution is -2.01. The number of methoxy groups -OCH3 is 2. The van der Waals surface area contributed by atoms with E-state index in [1.807, 2.05) is 24.3 Å². The van der Waals surface area contributed by atoms with Gasteiger partial charge < -0.3 is 14.6 Å². The van der Waals surface area contributed by atoms with Crippen molar-refractivity contribution >= 4 is 11.8 Å². The second-order valence-corrected chi connectivity index (χ2v) is 7.09. The smallest absolute Gasteiger partial charge is 0.164 e.